The van der Waals surface area contributed by atoms with Crippen LogP contribution in [0.25, 0.3) is 0 Å². The third kappa shape index (κ3) is 9.50. The lowest BCUT2D eigenvalue weighted by Crippen LogP contribution is -2.30. The van der Waals surface area contributed by atoms with Crippen LogP contribution in [0.5, 0.6) is 0 Å². The van der Waals surface area contributed by atoms with Crippen LogP contribution in [0.3, 0.4) is 0 Å². The normalized spacial score (nSPS) is 19.9. The van der Waals surface area contributed by atoms with Gasteiger partial charge in [-0.15, -0.1) is 0 Å². The number of nitrogens with one attached hydrogen (secondary N) is 1. The van der Waals surface area contributed by atoms with Gasteiger partial charge in [-0.2, -0.15) is 13.2 Å². The number of amidine groups is 1. The molecule has 9 heteroatoms. The van der Waals surface area contributed by atoms with Gasteiger partial charge in [0, 0.05) is 33.4 Å². The smallest absolute Gasteiger partial charge is 0.419 e. The van der Waals surface area contributed by atoms with E-state index < -0.39 is 11.7 Å². The molecule has 34 heavy (non-hydrogen) atoms. The van der Waals surface area contributed by atoms with E-state index in [1.165, 1.54) is 30.7 Å². The maximum absolute atomic E-state index is 13.8. The van der Waals surface area contributed by atoms with E-state index in [9.17, 15) is 13.2 Å². The summed E-state index contributed by atoms with van der Waals surface area (Å²) in [4.78, 5) is 7.94. The molecule has 1 heterocycles. The zero-order valence-electron chi connectivity index (χ0n) is 20.5. The fraction of sp³-hybridized carbons (Fsp3) is 0.640. The quantitative estimate of drug-likeness (QED) is 0.207. The van der Waals surface area contributed by atoms with Crippen LogP contribution in [0.2, 0.25) is 0 Å². The number of nitrogens with zero attached hydrogens (tertiary/aromatic N) is 2. The van der Waals surface area contributed by atoms with Crippen LogP contribution in [0.1, 0.15) is 45.4 Å². The van der Waals surface area contributed by atoms with E-state index in [1.54, 1.807) is 20.2 Å². The first kappa shape index (κ1) is 28.5. The Morgan fingerprint density at radius 3 is 2.74 bits per heavy atom. The molecule has 1 atom stereocenters. The van der Waals surface area contributed by atoms with E-state index in [-0.39, 0.29) is 18.9 Å². The molecule has 5 nitrogen and oxygen atoms in total. The van der Waals surface area contributed by atoms with Gasteiger partial charge < -0.3 is 14.8 Å². The fourth-order valence-corrected chi connectivity index (χ4v) is 4.76. The Hall–Kier alpha value is -1.71. The van der Waals surface area contributed by atoms with Gasteiger partial charge in [0.1, 0.15) is 5.76 Å². The van der Waals surface area contributed by atoms with Crippen LogP contribution in [-0.4, -0.2) is 69.3 Å². The molecule has 0 aromatic heterocycles. The summed E-state index contributed by atoms with van der Waals surface area (Å²) < 4.78 is 51.7. The Morgan fingerprint density at radius 1 is 1.29 bits per heavy atom. The van der Waals surface area contributed by atoms with Crippen molar-refractivity contribution in [2.24, 2.45) is 4.99 Å². The largest absolute Gasteiger partial charge is 0.493 e. The van der Waals surface area contributed by atoms with Gasteiger partial charge in [0.05, 0.1) is 18.7 Å². The molecule has 1 aliphatic heterocycles. The maximum atomic E-state index is 13.8. The number of thioether (sulfide) groups is 1. The van der Waals surface area contributed by atoms with Crippen molar-refractivity contribution in [2.75, 3.05) is 47.0 Å². The van der Waals surface area contributed by atoms with Crippen molar-refractivity contribution in [3.05, 3.63) is 46.6 Å². The van der Waals surface area contributed by atoms with Crippen LogP contribution in [-0.2, 0) is 9.47 Å². The Balaban J connectivity index is 1.99. The van der Waals surface area contributed by atoms with Gasteiger partial charge in [0.2, 0.25) is 0 Å². The molecule has 0 aromatic carbocycles. The summed E-state index contributed by atoms with van der Waals surface area (Å²) in [6, 6.07) is 0.596. The van der Waals surface area contributed by atoms with Gasteiger partial charge in [0.25, 0.3) is 0 Å². The number of ether oxygens (including phenoxy) is 2. The molecule has 1 aliphatic carbocycles. The van der Waals surface area contributed by atoms with Crippen molar-refractivity contribution >= 4 is 16.9 Å². The molecule has 0 aromatic rings. The highest BCUT2D eigenvalue weighted by molar-refractivity contribution is 8.17. The minimum atomic E-state index is -4.51. The van der Waals surface area contributed by atoms with Gasteiger partial charge in [-0.1, -0.05) is 31.3 Å². The van der Waals surface area contributed by atoms with E-state index in [4.69, 9.17) is 9.47 Å². The number of alkyl halides is 3. The highest BCUT2D eigenvalue weighted by atomic mass is 32.2. The standard InChI is InChI=1S/C25H38F3N3O2S/c1-5-21-11-9-13-31(21)18-19(2)34-24(29-3)30-17-20-10-8-12-23(22(16-20)25(26,27)28)33-15-7-6-14-32-4/h10,12,16,21H,2,5-9,11,13-15,17-18H2,1,3-4H3,(H,29,30). The van der Waals surface area contributed by atoms with E-state index >= 15 is 0 Å². The van der Waals surface area contributed by atoms with Gasteiger partial charge in [-0.05, 0) is 67.7 Å². The third-order valence-electron chi connectivity index (χ3n) is 5.79. The molecule has 0 radical (unpaired) electrons. The minimum absolute atomic E-state index is 0.118. The number of halogens is 3. The molecule has 1 fully saturated rings. The summed E-state index contributed by atoms with van der Waals surface area (Å²) in [6.07, 6.45) is 5.17. The summed E-state index contributed by atoms with van der Waals surface area (Å²) in [6.45, 7) is 9.17. The number of hydrogen-bond acceptors (Lipinski definition) is 5. The molecule has 1 unspecified atom stereocenters. The van der Waals surface area contributed by atoms with Crippen LogP contribution in [0.15, 0.2) is 51.6 Å². The highest BCUT2D eigenvalue weighted by Crippen LogP contribution is 2.35. The lowest BCUT2D eigenvalue weighted by atomic mass is 10.1. The lowest BCUT2D eigenvalue weighted by Gasteiger charge is -2.24. The molecule has 1 N–H and O–H groups in total. The molecule has 2 rings (SSSR count). The van der Waals surface area contributed by atoms with Crippen LogP contribution < -0.4 is 5.32 Å². The second-order valence-corrected chi connectivity index (χ2v) is 9.54. The Bertz CT molecular complexity index is 791. The average molecular weight is 502 g/mol. The molecule has 1 saturated heterocycles. The predicted octanol–water partition coefficient (Wildman–Crippen LogP) is 5.83. The predicted molar refractivity (Wildman–Crippen MR) is 135 cm³/mol. The number of hydrogen-bond donors (Lipinski definition) is 1. The van der Waals surface area contributed by atoms with E-state index in [2.05, 4.69) is 28.7 Å². The van der Waals surface area contributed by atoms with Crippen LogP contribution in [0, 0.1) is 0 Å². The first-order valence-corrected chi connectivity index (χ1v) is 12.7. The SMILES string of the molecule is C=C(CN1CCCC1CC)S/C(=N\CC1=CCC=C(OCCCCOC)C(C(F)(F)F)=C1)NC. The van der Waals surface area contributed by atoms with Crippen molar-refractivity contribution in [1.82, 2.24) is 10.2 Å². The van der Waals surface area contributed by atoms with Gasteiger partial charge in [0.15, 0.2) is 5.17 Å². The lowest BCUT2D eigenvalue weighted by molar-refractivity contribution is -0.0940. The van der Waals surface area contributed by atoms with E-state index in [0.717, 1.165) is 36.9 Å². The van der Waals surface area contributed by atoms with Gasteiger partial charge in [-0.25, -0.2) is 0 Å². The van der Waals surface area contributed by atoms with Crippen molar-refractivity contribution in [3.63, 3.8) is 0 Å². The van der Waals surface area contributed by atoms with Crippen LogP contribution >= 0.6 is 11.8 Å². The van der Waals surface area contributed by atoms with Crippen molar-refractivity contribution in [3.8, 4) is 0 Å². The Kier molecular flexibility index (Phi) is 12.3. The minimum Gasteiger partial charge on any atom is -0.493 e. The highest BCUT2D eigenvalue weighted by Gasteiger charge is 2.37. The third-order valence-corrected chi connectivity index (χ3v) is 6.74. The number of allylic oxidation sites excluding steroid dienone is 3. The first-order chi connectivity index (χ1) is 16.3. The first-order valence-electron chi connectivity index (χ1n) is 11.9. The van der Waals surface area contributed by atoms with Gasteiger partial charge in [-0.3, -0.25) is 9.89 Å². The zero-order chi connectivity index (χ0) is 25.0. The van der Waals surface area contributed by atoms with E-state index in [1.807, 2.05) is 0 Å². The molecule has 0 spiro atoms. The monoisotopic (exact) mass is 501 g/mol. The maximum Gasteiger partial charge on any atom is 0.419 e. The average Bonchev–Trinajstić information content (AvgIpc) is 3.13. The van der Waals surface area contributed by atoms with E-state index in [0.29, 0.717) is 36.2 Å². The van der Waals surface area contributed by atoms with Crippen molar-refractivity contribution in [1.29, 1.82) is 0 Å². The Labute approximate surface area is 206 Å². The van der Waals surface area contributed by atoms with Crippen molar-refractivity contribution in [2.45, 2.75) is 57.7 Å². The molecular weight excluding hydrogens is 463 g/mol. The van der Waals surface area contributed by atoms with Crippen molar-refractivity contribution < 1.29 is 22.6 Å². The number of aliphatic imine (C=N–C) groups is 1. The molecule has 0 saturated carbocycles. The number of unbranched alkanes of at least 4 members (excludes halogenated alkanes) is 1. The molecule has 192 valence electrons. The van der Waals surface area contributed by atoms with Crippen LogP contribution in [0.4, 0.5) is 13.2 Å². The Morgan fingerprint density at radius 2 is 2.06 bits per heavy atom. The molecule has 0 bridgehead atoms. The number of likely N-dealkylation sites (tertiary alicyclic amines) is 1. The summed E-state index contributed by atoms with van der Waals surface area (Å²) in [5.74, 6) is -0.118. The number of methoxy groups -OCH3 is 1. The fourth-order valence-electron chi connectivity index (χ4n) is 4.03. The number of rotatable bonds is 12. The molecule has 2 aliphatic rings. The summed E-state index contributed by atoms with van der Waals surface area (Å²) in [5.41, 5.74) is -0.257. The summed E-state index contributed by atoms with van der Waals surface area (Å²) in [7, 11) is 3.36. The second kappa shape index (κ2) is 14.6. The zero-order valence-corrected chi connectivity index (χ0v) is 21.4. The molecule has 0 amide bonds. The summed E-state index contributed by atoms with van der Waals surface area (Å²) >= 11 is 1.45. The molecular formula is C25H38F3N3O2S. The van der Waals surface area contributed by atoms with Gasteiger partial charge >= 0.3 is 6.18 Å². The topological polar surface area (TPSA) is 46.1 Å². The summed E-state index contributed by atoms with van der Waals surface area (Å²) in [5, 5.41) is 3.69. The second-order valence-electron chi connectivity index (χ2n) is 8.37.